The number of rotatable bonds is 8. The van der Waals surface area contributed by atoms with Gasteiger partial charge in [-0.15, -0.1) is 0 Å². The van der Waals surface area contributed by atoms with Crippen molar-refractivity contribution < 1.29 is 34.4 Å². The van der Waals surface area contributed by atoms with Gasteiger partial charge >= 0.3 is 0 Å². The van der Waals surface area contributed by atoms with Crippen LogP contribution in [0.5, 0.6) is 11.5 Å². The Bertz CT molecular complexity index is 1050. The van der Waals surface area contributed by atoms with Gasteiger partial charge in [0.15, 0.2) is 11.5 Å². The van der Waals surface area contributed by atoms with Crippen LogP contribution >= 0.6 is 0 Å². The van der Waals surface area contributed by atoms with Crippen LogP contribution in [-0.4, -0.2) is 76.6 Å². The number of aliphatic hydroxyl groups excluding tert-OH is 3. The topological polar surface area (TPSA) is 129 Å². The molecule has 2 amide bonds. The minimum absolute atomic E-state index is 0.0154. The molecule has 4 aliphatic rings. The smallest absolute Gasteiger partial charge is 0.247 e. The second kappa shape index (κ2) is 11.0. The molecule has 0 bridgehead atoms. The number of methoxy groups -OCH3 is 1. The number of carbonyl (C=O) groups is 2. The Labute approximate surface area is 217 Å². The molecule has 37 heavy (non-hydrogen) atoms. The first-order chi connectivity index (χ1) is 18.0. The summed E-state index contributed by atoms with van der Waals surface area (Å²) in [5.41, 5.74) is 1.66. The van der Waals surface area contributed by atoms with Crippen LogP contribution in [0.4, 0.5) is 0 Å². The summed E-state index contributed by atoms with van der Waals surface area (Å²) in [6.07, 6.45) is 7.49. The zero-order chi connectivity index (χ0) is 26.1. The number of hydrogen-bond acceptors (Lipinski definition) is 7. The van der Waals surface area contributed by atoms with Crippen LogP contribution in [0.15, 0.2) is 23.8 Å². The predicted molar refractivity (Wildman–Crippen MR) is 135 cm³/mol. The second-order valence-electron chi connectivity index (χ2n) is 10.7. The largest absolute Gasteiger partial charge is 0.493 e. The molecule has 5 rings (SSSR count). The number of amides is 2. The van der Waals surface area contributed by atoms with Crippen molar-refractivity contribution in [3.63, 3.8) is 0 Å². The molecule has 1 aliphatic heterocycles. The predicted octanol–water partition coefficient (Wildman–Crippen LogP) is 1.77. The van der Waals surface area contributed by atoms with Crippen LogP contribution in [0, 0.1) is 5.92 Å². The second-order valence-corrected chi connectivity index (χ2v) is 10.7. The van der Waals surface area contributed by atoms with Crippen molar-refractivity contribution in [3.8, 4) is 11.5 Å². The van der Waals surface area contributed by atoms with Gasteiger partial charge in [-0.3, -0.25) is 9.59 Å². The van der Waals surface area contributed by atoms with Gasteiger partial charge < -0.3 is 35.0 Å². The molecule has 4 N–H and O–H groups in total. The Morgan fingerprint density at radius 2 is 1.81 bits per heavy atom. The Morgan fingerprint density at radius 1 is 1.11 bits per heavy atom. The summed E-state index contributed by atoms with van der Waals surface area (Å²) in [5.74, 6) is -0.111. The SMILES string of the molecule is COc1cc(CO)cc2c1O[C@@H]1[C@@H](O)[C@H](N(C(=O)C3CCCC3)C3CCCC3)C=C(C(=O)NCCO)[C@H]21. The van der Waals surface area contributed by atoms with Gasteiger partial charge in [0.25, 0.3) is 0 Å². The minimum atomic E-state index is -1.06. The van der Waals surface area contributed by atoms with Gasteiger partial charge in [0.1, 0.15) is 12.2 Å². The van der Waals surface area contributed by atoms with Gasteiger partial charge in [-0.1, -0.05) is 25.7 Å². The van der Waals surface area contributed by atoms with Crippen molar-refractivity contribution in [3.05, 3.63) is 34.9 Å². The average Bonchev–Trinajstić information content (AvgIpc) is 3.69. The molecular weight excluding hydrogens is 476 g/mol. The molecule has 0 aromatic heterocycles. The summed E-state index contributed by atoms with van der Waals surface area (Å²) >= 11 is 0. The van der Waals surface area contributed by atoms with Crippen molar-refractivity contribution in [2.24, 2.45) is 5.92 Å². The van der Waals surface area contributed by atoms with E-state index in [1.165, 1.54) is 7.11 Å². The first-order valence-electron chi connectivity index (χ1n) is 13.6. The molecule has 0 saturated heterocycles. The summed E-state index contributed by atoms with van der Waals surface area (Å²) in [5, 5.41) is 33.7. The molecule has 2 fully saturated rings. The third-order valence-corrected chi connectivity index (χ3v) is 8.49. The summed E-state index contributed by atoms with van der Waals surface area (Å²) < 4.78 is 11.8. The maximum Gasteiger partial charge on any atom is 0.247 e. The molecule has 0 spiro atoms. The Kier molecular flexibility index (Phi) is 7.74. The highest BCUT2D eigenvalue weighted by Crippen LogP contribution is 2.52. The van der Waals surface area contributed by atoms with Crippen LogP contribution in [-0.2, 0) is 16.2 Å². The molecule has 1 heterocycles. The van der Waals surface area contributed by atoms with Gasteiger partial charge in [0.2, 0.25) is 11.8 Å². The highest BCUT2D eigenvalue weighted by molar-refractivity contribution is 5.96. The highest BCUT2D eigenvalue weighted by atomic mass is 16.5. The van der Waals surface area contributed by atoms with Crippen LogP contribution in [0.3, 0.4) is 0 Å². The van der Waals surface area contributed by atoms with Crippen molar-refractivity contribution in [1.29, 1.82) is 0 Å². The van der Waals surface area contributed by atoms with E-state index in [-0.39, 0.29) is 43.5 Å². The number of ether oxygens (including phenoxy) is 2. The van der Waals surface area contributed by atoms with E-state index in [1.807, 2.05) is 4.90 Å². The first kappa shape index (κ1) is 26.0. The molecular formula is C28H38N2O7. The molecule has 0 radical (unpaired) electrons. The number of aliphatic hydroxyl groups is 3. The zero-order valence-electron chi connectivity index (χ0n) is 21.4. The van der Waals surface area contributed by atoms with Crippen LogP contribution in [0.25, 0.3) is 0 Å². The summed E-state index contributed by atoms with van der Waals surface area (Å²) in [6.45, 7) is -0.335. The van der Waals surface area contributed by atoms with Crippen molar-refractivity contribution in [2.45, 2.75) is 88.2 Å². The maximum atomic E-state index is 13.9. The van der Waals surface area contributed by atoms with E-state index in [4.69, 9.17) is 9.47 Å². The lowest BCUT2D eigenvalue weighted by molar-refractivity contribution is -0.144. The monoisotopic (exact) mass is 514 g/mol. The van der Waals surface area contributed by atoms with E-state index < -0.39 is 24.2 Å². The zero-order valence-corrected chi connectivity index (χ0v) is 21.4. The standard InChI is InChI=1S/C28H38N2O7/c1-36-22-13-16(15-32)12-19-23-20(27(34)29-10-11-31)14-21(24(33)26(23)37-25(19)22)30(18-8-4-5-9-18)28(35)17-6-2-3-7-17/h12-14,17-18,21,23-24,26,31-33H,2-11,15H2,1H3,(H,29,34)/t21-,23+,24+,26+/m1/s1. The molecule has 2 saturated carbocycles. The number of nitrogens with zero attached hydrogens (tertiary/aromatic N) is 1. The summed E-state index contributed by atoms with van der Waals surface area (Å²) in [6, 6.07) is 2.77. The van der Waals surface area contributed by atoms with E-state index in [0.29, 0.717) is 28.2 Å². The van der Waals surface area contributed by atoms with E-state index in [2.05, 4.69) is 5.32 Å². The van der Waals surface area contributed by atoms with Crippen LogP contribution in [0.2, 0.25) is 0 Å². The minimum Gasteiger partial charge on any atom is -0.493 e. The lowest BCUT2D eigenvalue weighted by Crippen LogP contribution is -2.59. The third kappa shape index (κ3) is 4.73. The van der Waals surface area contributed by atoms with Gasteiger partial charge in [-0.2, -0.15) is 0 Å². The molecule has 3 aliphatic carbocycles. The number of carbonyl (C=O) groups excluding carboxylic acids is 2. The number of benzene rings is 1. The fraction of sp³-hybridized carbons (Fsp3) is 0.643. The molecule has 9 nitrogen and oxygen atoms in total. The van der Waals surface area contributed by atoms with E-state index in [0.717, 1.165) is 51.4 Å². The molecule has 1 aromatic carbocycles. The van der Waals surface area contributed by atoms with E-state index in [9.17, 15) is 24.9 Å². The number of fused-ring (bicyclic) bond motifs is 3. The first-order valence-corrected chi connectivity index (χ1v) is 13.6. The molecule has 202 valence electrons. The lowest BCUT2D eigenvalue weighted by atomic mass is 9.76. The highest BCUT2D eigenvalue weighted by Gasteiger charge is 2.52. The average molecular weight is 515 g/mol. The van der Waals surface area contributed by atoms with Crippen molar-refractivity contribution in [1.82, 2.24) is 10.2 Å². The fourth-order valence-corrected chi connectivity index (χ4v) is 6.73. The maximum absolute atomic E-state index is 13.9. The molecule has 1 aromatic rings. The van der Waals surface area contributed by atoms with Crippen molar-refractivity contribution in [2.75, 3.05) is 20.3 Å². The van der Waals surface area contributed by atoms with Crippen molar-refractivity contribution >= 4 is 11.8 Å². The van der Waals surface area contributed by atoms with Gasteiger partial charge in [-0.25, -0.2) is 0 Å². The van der Waals surface area contributed by atoms with Gasteiger partial charge in [0, 0.05) is 29.6 Å². The molecule has 4 atom stereocenters. The lowest BCUT2D eigenvalue weighted by Gasteiger charge is -2.44. The Morgan fingerprint density at radius 3 is 2.46 bits per heavy atom. The number of hydrogen-bond donors (Lipinski definition) is 4. The quantitative estimate of drug-likeness (QED) is 0.416. The van der Waals surface area contributed by atoms with Crippen LogP contribution < -0.4 is 14.8 Å². The van der Waals surface area contributed by atoms with Gasteiger partial charge in [0.05, 0.1) is 32.3 Å². The third-order valence-electron chi connectivity index (χ3n) is 8.49. The summed E-state index contributed by atoms with van der Waals surface area (Å²) in [4.78, 5) is 29.2. The van der Waals surface area contributed by atoms with Gasteiger partial charge in [-0.05, 0) is 49.5 Å². The summed E-state index contributed by atoms with van der Waals surface area (Å²) in [7, 11) is 1.51. The van der Waals surface area contributed by atoms with E-state index in [1.54, 1.807) is 18.2 Å². The Hall–Kier alpha value is -2.62. The molecule has 9 heteroatoms. The fourth-order valence-electron chi connectivity index (χ4n) is 6.73. The van der Waals surface area contributed by atoms with Crippen LogP contribution in [0.1, 0.15) is 68.4 Å². The molecule has 0 unspecified atom stereocenters. The normalized spacial score (nSPS) is 27.3. The van der Waals surface area contributed by atoms with E-state index >= 15 is 0 Å². The Balaban J connectivity index is 1.59. The number of nitrogens with one attached hydrogen (secondary N) is 1.